The third kappa shape index (κ3) is 2.35. The van der Waals surface area contributed by atoms with Gasteiger partial charge in [0.05, 0.1) is 11.2 Å². The van der Waals surface area contributed by atoms with E-state index in [1.807, 2.05) is 38.1 Å². The van der Waals surface area contributed by atoms with Gasteiger partial charge in [0.15, 0.2) is 16.8 Å². The normalized spacial score (nSPS) is 11.1. The Morgan fingerprint density at radius 1 is 1.17 bits per heavy atom. The number of anilines is 3. The van der Waals surface area contributed by atoms with E-state index in [0.29, 0.717) is 17.3 Å². The summed E-state index contributed by atoms with van der Waals surface area (Å²) in [6, 6.07) is 7.62. The van der Waals surface area contributed by atoms with Gasteiger partial charge in [-0.25, -0.2) is 15.0 Å². The number of rotatable bonds is 3. The molecule has 4 rings (SSSR count). The summed E-state index contributed by atoms with van der Waals surface area (Å²) < 4.78 is 1.61. The van der Waals surface area contributed by atoms with E-state index in [1.165, 1.54) is 6.33 Å². The lowest BCUT2D eigenvalue weighted by Gasteiger charge is -2.09. The van der Waals surface area contributed by atoms with Gasteiger partial charge in [0.1, 0.15) is 17.5 Å². The van der Waals surface area contributed by atoms with E-state index < -0.39 is 0 Å². The second-order valence-corrected chi connectivity index (χ2v) is 6.44. The van der Waals surface area contributed by atoms with Gasteiger partial charge in [-0.2, -0.15) is 4.68 Å². The van der Waals surface area contributed by atoms with Gasteiger partial charge < -0.3 is 11.1 Å². The number of hydrogen-bond donors (Lipinski definition) is 2. The molecule has 24 heavy (non-hydrogen) atoms. The molecule has 0 spiro atoms. The van der Waals surface area contributed by atoms with Crippen molar-refractivity contribution in [1.29, 1.82) is 0 Å². The summed E-state index contributed by atoms with van der Waals surface area (Å²) in [7, 11) is 0. The monoisotopic (exact) mass is 338 g/mol. The Kier molecular flexibility index (Phi) is 3.35. The van der Waals surface area contributed by atoms with Crippen LogP contribution in [0.25, 0.3) is 16.9 Å². The molecule has 9 heteroatoms. The van der Waals surface area contributed by atoms with E-state index in [4.69, 9.17) is 5.73 Å². The van der Waals surface area contributed by atoms with Gasteiger partial charge in [0.25, 0.3) is 0 Å². The first-order valence-corrected chi connectivity index (χ1v) is 8.07. The van der Waals surface area contributed by atoms with Crippen LogP contribution in [0.1, 0.15) is 10.6 Å². The minimum atomic E-state index is 0.388. The lowest BCUT2D eigenvalue weighted by atomic mass is 10.3. The van der Waals surface area contributed by atoms with Crippen molar-refractivity contribution in [3.8, 4) is 5.82 Å². The summed E-state index contributed by atoms with van der Waals surface area (Å²) >= 11 is 1.55. The Labute approximate surface area is 141 Å². The van der Waals surface area contributed by atoms with Crippen LogP contribution in [0.5, 0.6) is 0 Å². The fraction of sp³-hybridized carbons (Fsp3) is 0.133. The van der Waals surface area contributed by atoms with E-state index in [1.54, 1.807) is 16.0 Å². The number of aryl methyl sites for hydroxylation is 2. The third-order valence-electron chi connectivity index (χ3n) is 3.67. The summed E-state index contributed by atoms with van der Waals surface area (Å²) in [4.78, 5) is 14.1. The van der Waals surface area contributed by atoms with Gasteiger partial charge in [-0.15, -0.1) is 16.4 Å². The number of nitrogens with one attached hydrogen (secondary N) is 1. The van der Waals surface area contributed by atoms with Gasteiger partial charge in [0, 0.05) is 4.88 Å². The minimum Gasteiger partial charge on any atom is -0.393 e. The average molecular weight is 338 g/mol. The first-order valence-electron chi connectivity index (χ1n) is 7.26. The summed E-state index contributed by atoms with van der Waals surface area (Å²) in [5.41, 5.74) is 9.23. The topological polar surface area (TPSA) is 107 Å². The van der Waals surface area contributed by atoms with Crippen molar-refractivity contribution in [2.24, 2.45) is 0 Å². The third-order valence-corrected chi connectivity index (χ3v) is 4.66. The molecule has 0 amide bonds. The zero-order valence-electron chi connectivity index (χ0n) is 13.1. The Bertz CT molecular complexity index is 1020. The number of para-hydroxylation sites is 1. The molecule has 0 saturated heterocycles. The van der Waals surface area contributed by atoms with Crippen molar-refractivity contribution in [2.45, 2.75) is 13.8 Å². The molecule has 8 nitrogen and oxygen atoms in total. The van der Waals surface area contributed by atoms with Crippen LogP contribution in [0, 0.1) is 13.8 Å². The highest BCUT2D eigenvalue weighted by molar-refractivity contribution is 7.15. The molecule has 0 atom stereocenters. The number of hydrogen-bond acceptors (Lipinski definition) is 8. The van der Waals surface area contributed by atoms with E-state index in [-0.39, 0.29) is 0 Å². The van der Waals surface area contributed by atoms with E-state index >= 15 is 0 Å². The minimum absolute atomic E-state index is 0.388. The zero-order chi connectivity index (χ0) is 16.7. The SMILES string of the molecule is Cc1nc(Nc2ncnc(-n3nnc4ccccc43)c2N)sc1C. The van der Waals surface area contributed by atoms with Gasteiger partial charge in [-0.05, 0) is 26.0 Å². The molecule has 120 valence electrons. The lowest BCUT2D eigenvalue weighted by Crippen LogP contribution is -2.08. The first-order chi connectivity index (χ1) is 11.6. The molecule has 0 aliphatic heterocycles. The molecule has 0 radical (unpaired) electrons. The van der Waals surface area contributed by atoms with E-state index in [2.05, 4.69) is 30.6 Å². The van der Waals surface area contributed by atoms with Crippen molar-refractivity contribution >= 4 is 39.0 Å². The van der Waals surface area contributed by atoms with Gasteiger partial charge in [0.2, 0.25) is 0 Å². The maximum atomic E-state index is 6.26. The van der Waals surface area contributed by atoms with Crippen LogP contribution in [0.4, 0.5) is 16.6 Å². The van der Waals surface area contributed by atoms with Crippen LogP contribution < -0.4 is 11.1 Å². The van der Waals surface area contributed by atoms with Gasteiger partial charge >= 0.3 is 0 Å². The number of benzene rings is 1. The Morgan fingerprint density at radius 2 is 2.00 bits per heavy atom. The molecule has 3 N–H and O–H groups in total. The second kappa shape index (κ2) is 5.53. The number of nitrogens with two attached hydrogens (primary N) is 1. The largest absolute Gasteiger partial charge is 0.393 e. The number of fused-ring (bicyclic) bond motifs is 1. The summed E-state index contributed by atoms with van der Waals surface area (Å²) in [6.07, 6.45) is 1.44. The number of nitrogen functional groups attached to an aromatic ring is 1. The first kappa shape index (κ1) is 14.5. The summed E-state index contributed by atoms with van der Waals surface area (Å²) in [6.45, 7) is 3.99. The average Bonchev–Trinajstić information content (AvgIpc) is 3.13. The van der Waals surface area contributed by atoms with Crippen molar-refractivity contribution in [2.75, 3.05) is 11.1 Å². The highest BCUT2D eigenvalue weighted by Gasteiger charge is 2.15. The second-order valence-electron chi connectivity index (χ2n) is 5.24. The number of thiazole rings is 1. The highest BCUT2D eigenvalue weighted by Crippen LogP contribution is 2.29. The lowest BCUT2D eigenvalue weighted by molar-refractivity contribution is 0.800. The van der Waals surface area contributed by atoms with Crippen LogP contribution in [0.15, 0.2) is 30.6 Å². The molecular weight excluding hydrogens is 324 g/mol. The number of nitrogens with zero attached hydrogens (tertiary/aromatic N) is 6. The van der Waals surface area contributed by atoms with Crippen LogP contribution in [0.3, 0.4) is 0 Å². The maximum Gasteiger partial charge on any atom is 0.188 e. The van der Waals surface area contributed by atoms with Crippen LogP contribution in [0.2, 0.25) is 0 Å². The fourth-order valence-electron chi connectivity index (χ4n) is 2.31. The van der Waals surface area contributed by atoms with Crippen molar-refractivity contribution in [3.05, 3.63) is 41.2 Å². The molecule has 3 heterocycles. The van der Waals surface area contributed by atoms with Crippen molar-refractivity contribution < 1.29 is 0 Å². The smallest absolute Gasteiger partial charge is 0.188 e. The van der Waals surface area contributed by atoms with E-state index in [0.717, 1.165) is 26.7 Å². The van der Waals surface area contributed by atoms with Crippen molar-refractivity contribution in [3.63, 3.8) is 0 Å². The standard InChI is InChI=1S/C15H14N8S/c1-8-9(2)24-15(19-8)20-13-12(16)14(18-7-17-13)23-11-6-4-3-5-10(11)21-22-23/h3-7H,16H2,1-2H3,(H,17,18,19,20). The van der Waals surface area contributed by atoms with Crippen LogP contribution in [-0.2, 0) is 0 Å². The molecule has 0 fully saturated rings. The highest BCUT2D eigenvalue weighted by atomic mass is 32.1. The predicted molar refractivity (Wildman–Crippen MR) is 93.7 cm³/mol. The molecule has 0 saturated carbocycles. The molecule has 3 aromatic heterocycles. The molecule has 0 aliphatic carbocycles. The molecule has 0 unspecified atom stereocenters. The Balaban J connectivity index is 1.78. The molecule has 0 aliphatic rings. The van der Waals surface area contributed by atoms with Gasteiger partial charge in [-0.1, -0.05) is 17.3 Å². The molecule has 4 aromatic rings. The van der Waals surface area contributed by atoms with Crippen molar-refractivity contribution in [1.82, 2.24) is 29.9 Å². The van der Waals surface area contributed by atoms with Gasteiger partial charge in [-0.3, -0.25) is 0 Å². The molecular formula is C15H14N8S. The number of aromatic nitrogens is 6. The van der Waals surface area contributed by atoms with E-state index in [9.17, 15) is 0 Å². The summed E-state index contributed by atoms with van der Waals surface area (Å²) in [5.74, 6) is 0.972. The Hall–Kier alpha value is -3.07. The molecule has 1 aromatic carbocycles. The Morgan fingerprint density at radius 3 is 2.79 bits per heavy atom. The van der Waals surface area contributed by atoms with Crippen LogP contribution >= 0.6 is 11.3 Å². The van der Waals surface area contributed by atoms with Crippen LogP contribution in [-0.4, -0.2) is 29.9 Å². The maximum absolute atomic E-state index is 6.26. The predicted octanol–water partition coefficient (Wildman–Crippen LogP) is 2.61. The summed E-state index contributed by atoms with van der Waals surface area (Å²) in [5, 5.41) is 12.2. The zero-order valence-corrected chi connectivity index (χ0v) is 13.9. The molecule has 0 bridgehead atoms. The quantitative estimate of drug-likeness (QED) is 0.591. The fourth-order valence-corrected chi connectivity index (χ4v) is 3.12.